The van der Waals surface area contributed by atoms with Gasteiger partial charge in [0.2, 0.25) is 0 Å². The molecule has 3 heterocycles. The van der Waals surface area contributed by atoms with Crippen LogP contribution in [0.1, 0.15) is 68.8 Å². The highest BCUT2D eigenvalue weighted by Gasteiger charge is 2.50. The van der Waals surface area contributed by atoms with Gasteiger partial charge in [-0.1, -0.05) is 61.5 Å². The summed E-state index contributed by atoms with van der Waals surface area (Å²) < 4.78 is 25.0. The number of hydrogen-bond donors (Lipinski definition) is 0. The number of para-hydroxylation sites is 3. The summed E-state index contributed by atoms with van der Waals surface area (Å²) >= 11 is 0. The van der Waals surface area contributed by atoms with Crippen LogP contribution in [-0.4, -0.2) is 6.71 Å². The standard InChI is InChI=1S/C42H40BFN2O/c1-27-20-28-22-29(21-27)26-42(44,25-28)30-23-36-39-37(24-30)46(32-14-6-3-7-15-32)40-33-16-8-11-19-38(33)47-41(40)43(39)34-17-9-10-18-35(34)45(36)31-12-4-2-5-13-31/h2-7,9-10,12-15,17-18,23-24,27-29H,8,11,16,19-22,25-26H2,1H3. The minimum Gasteiger partial charge on any atom is -0.473 e. The van der Waals surface area contributed by atoms with E-state index in [-0.39, 0.29) is 6.71 Å². The molecule has 2 bridgehead atoms. The van der Waals surface area contributed by atoms with Crippen LogP contribution >= 0.6 is 0 Å². The van der Waals surface area contributed by atoms with Gasteiger partial charge in [0.15, 0.2) is 0 Å². The Bertz CT molecular complexity index is 1990. The lowest BCUT2D eigenvalue weighted by Crippen LogP contribution is -2.61. The van der Waals surface area contributed by atoms with Crippen LogP contribution in [0.5, 0.6) is 0 Å². The lowest BCUT2D eigenvalue weighted by molar-refractivity contribution is 0.000854. The molecule has 2 fully saturated rings. The van der Waals surface area contributed by atoms with Crippen molar-refractivity contribution in [2.75, 3.05) is 9.80 Å². The number of benzene rings is 4. The van der Waals surface area contributed by atoms with E-state index in [0.717, 1.165) is 83.9 Å². The molecule has 0 radical (unpaired) electrons. The van der Waals surface area contributed by atoms with Gasteiger partial charge in [0.05, 0.1) is 11.3 Å². The molecular formula is C42H40BFN2O. The second-order valence-electron chi connectivity index (χ2n) is 15.1. The van der Waals surface area contributed by atoms with Gasteiger partial charge in [-0.2, -0.15) is 0 Å². The van der Waals surface area contributed by atoms with Gasteiger partial charge in [0.1, 0.15) is 11.4 Å². The zero-order chi connectivity index (χ0) is 31.3. The zero-order valence-corrected chi connectivity index (χ0v) is 27.1. The molecule has 234 valence electrons. The van der Waals surface area contributed by atoms with Gasteiger partial charge in [-0.3, -0.25) is 0 Å². The minimum atomic E-state index is -1.35. The topological polar surface area (TPSA) is 19.6 Å². The molecule has 0 amide bonds. The van der Waals surface area contributed by atoms with E-state index in [1.54, 1.807) is 0 Å². The SMILES string of the molecule is CC1CC2CC(C1)CC(F)(c1cc3c4c(c1)N(c1ccccc1)c1c(oc5c1CCCC5)B4c1ccccc1N3c1ccccc1)C2. The Kier molecular flexibility index (Phi) is 6.14. The molecule has 10 rings (SSSR count). The lowest BCUT2D eigenvalue weighted by atomic mass is 9.35. The Morgan fingerprint density at radius 3 is 2.06 bits per heavy atom. The summed E-state index contributed by atoms with van der Waals surface area (Å²) in [5, 5.41) is 0. The highest BCUT2D eigenvalue weighted by atomic mass is 19.1. The molecule has 0 saturated heterocycles. The zero-order valence-electron chi connectivity index (χ0n) is 27.1. The predicted octanol–water partition coefficient (Wildman–Crippen LogP) is 9.25. The quantitative estimate of drug-likeness (QED) is 0.184. The van der Waals surface area contributed by atoms with E-state index in [2.05, 4.69) is 114 Å². The van der Waals surface area contributed by atoms with E-state index in [1.807, 2.05) is 0 Å². The van der Waals surface area contributed by atoms with Crippen molar-refractivity contribution in [1.29, 1.82) is 0 Å². The smallest absolute Gasteiger partial charge is 0.297 e. The van der Waals surface area contributed by atoms with Gasteiger partial charge in [-0.25, -0.2) is 4.39 Å². The number of aryl methyl sites for hydroxylation is 1. The molecule has 5 aliphatic rings. The maximum absolute atomic E-state index is 18.0. The number of anilines is 6. The number of halogens is 1. The van der Waals surface area contributed by atoms with Crippen LogP contribution in [0.2, 0.25) is 0 Å². The van der Waals surface area contributed by atoms with Crippen molar-refractivity contribution in [2.24, 2.45) is 17.8 Å². The molecule has 47 heavy (non-hydrogen) atoms. The largest absolute Gasteiger partial charge is 0.473 e. The molecule has 0 spiro atoms. The Labute approximate surface area is 277 Å². The molecule has 4 aromatic carbocycles. The van der Waals surface area contributed by atoms with E-state index in [0.29, 0.717) is 30.6 Å². The van der Waals surface area contributed by atoms with Crippen molar-refractivity contribution in [3.05, 3.63) is 114 Å². The first-order valence-electron chi connectivity index (χ1n) is 17.9. The van der Waals surface area contributed by atoms with Crippen LogP contribution in [0.4, 0.5) is 38.5 Å². The Balaban J connectivity index is 1.29. The number of nitrogens with zero attached hydrogens (tertiary/aromatic N) is 2. The fourth-order valence-electron chi connectivity index (χ4n) is 10.3. The summed E-state index contributed by atoms with van der Waals surface area (Å²) in [6.07, 6.45) is 9.01. The van der Waals surface area contributed by atoms with Gasteiger partial charge in [0.25, 0.3) is 6.71 Å². The summed E-state index contributed by atoms with van der Waals surface area (Å²) in [4.78, 5) is 4.83. The van der Waals surface area contributed by atoms with Gasteiger partial charge in [-0.05, 0) is 128 Å². The molecule has 2 saturated carbocycles. The van der Waals surface area contributed by atoms with Crippen molar-refractivity contribution < 1.29 is 8.81 Å². The molecule has 3 nitrogen and oxygen atoms in total. The molecule has 2 unspecified atom stereocenters. The Morgan fingerprint density at radius 2 is 1.34 bits per heavy atom. The maximum Gasteiger partial charge on any atom is 0.297 e. The predicted molar refractivity (Wildman–Crippen MR) is 191 cm³/mol. The van der Waals surface area contributed by atoms with Crippen molar-refractivity contribution in [3.8, 4) is 0 Å². The number of alkyl halides is 1. The lowest BCUT2D eigenvalue weighted by Gasteiger charge is -2.47. The summed E-state index contributed by atoms with van der Waals surface area (Å²) in [5.41, 5.74) is 11.0. The molecule has 5 heteroatoms. The normalized spacial score (nSPS) is 25.5. The second-order valence-corrected chi connectivity index (χ2v) is 15.1. The fourth-order valence-corrected chi connectivity index (χ4v) is 10.3. The van der Waals surface area contributed by atoms with E-state index in [4.69, 9.17) is 4.42 Å². The monoisotopic (exact) mass is 618 g/mol. The number of fused-ring (bicyclic) bond motifs is 8. The third kappa shape index (κ3) is 4.17. The van der Waals surface area contributed by atoms with Gasteiger partial charge in [0, 0.05) is 40.4 Å². The van der Waals surface area contributed by atoms with Crippen molar-refractivity contribution >= 4 is 57.4 Å². The first kappa shape index (κ1) is 27.8. The Morgan fingerprint density at radius 1 is 0.723 bits per heavy atom. The van der Waals surface area contributed by atoms with Crippen LogP contribution in [0.3, 0.4) is 0 Å². The summed E-state index contributed by atoms with van der Waals surface area (Å²) in [5.74, 6) is 2.73. The molecule has 1 aromatic heterocycles. The third-order valence-electron chi connectivity index (χ3n) is 12.0. The van der Waals surface area contributed by atoms with E-state index >= 15 is 4.39 Å². The molecule has 3 aliphatic carbocycles. The minimum absolute atomic E-state index is 0.0621. The number of hydrogen-bond acceptors (Lipinski definition) is 3. The van der Waals surface area contributed by atoms with E-state index in [1.165, 1.54) is 28.6 Å². The van der Waals surface area contributed by atoms with Crippen LogP contribution in [0, 0.1) is 17.8 Å². The summed E-state index contributed by atoms with van der Waals surface area (Å²) in [6, 6.07) is 34.7. The average Bonchev–Trinajstić information content (AvgIpc) is 3.47. The van der Waals surface area contributed by atoms with Crippen LogP contribution in [0.25, 0.3) is 0 Å². The van der Waals surface area contributed by atoms with Gasteiger partial charge >= 0.3 is 0 Å². The van der Waals surface area contributed by atoms with Crippen LogP contribution < -0.4 is 26.4 Å². The van der Waals surface area contributed by atoms with Crippen LogP contribution in [-0.2, 0) is 18.5 Å². The van der Waals surface area contributed by atoms with E-state index < -0.39 is 5.67 Å². The molecule has 0 N–H and O–H groups in total. The first-order chi connectivity index (χ1) is 23.1. The maximum atomic E-state index is 18.0. The van der Waals surface area contributed by atoms with E-state index in [9.17, 15) is 0 Å². The van der Waals surface area contributed by atoms with Crippen molar-refractivity contribution in [3.63, 3.8) is 0 Å². The summed E-state index contributed by atoms with van der Waals surface area (Å²) in [7, 11) is 0. The second kappa shape index (κ2) is 10.4. The van der Waals surface area contributed by atoms with Crippen molar-refractivity contribution in [1.82, 2.24) is 0 Å². The highest BCUT2D eigenvalue weighted by molar-refractivity contribution is 6.99. The summed E-state index contributed by atoms with van der Waals surface area (Å²) in [6.45, 7) is 2.30. The number of furan rings is 1. The highest BCUT2D eigenvalue weighted by Crippen LogP contribution is 2.55. The number of rotatable bonds is 3. The van der Waals surface area contributed by atoms with Crippen molar-refractivity contribution in [2.45, 2.75) is 70.4 Å². The molecule has 5 aromatic rings. The van der Waals surface area contributed by atoms with Gasteiger partial charge < -0.3 is 14.2 Å². The first-order valence-corrected chi connectivity index (χ1v) is 17.9. The fraction of sp³-hybridized carbons (Fsp3) is 0.333. The third-order valence-corrected chi connectivity index (χ3v) is 12.0. The van der Waals surface area contributed by atoms with Crippen LogP contribution in [0.15, 0.2) is 101 Å². The molecular weight excluding hydrogens is 578 g/mol. The molecule has 2 aliphatic heterocycles. The van der Waals surface area contributed by atoms with Gasteiger partial charge in [-0.15, -0.1) is 0 Å². The average molecular weight is 619 g/mol. The Hall–Kier alpha value is -4.25. The molecule has 2 atom stereocenters.